The lowest BCUT2D eigenvalue weighted by Gasteiger charge is -2.16. The van der Waals surface area contributed by atoms with Gasteiger partial charge in [-0.15, -0.1) is 0 Å². The van der Waals surface area contributed by atoms with Crippen LogP contribution in [0.1, 0.15) is 18.4 Å². The minimum absolute atomic E-state index is 0.828. The fourth-order valence-electron chi connectivity index (χ4n) is 1.69. The largest absolute Gasteiger partial charge is 0.380 e. The van der Waals surface area contributed by atoms with Crippen LogP contribution < -0.4 is 0 Å². The number of aromatic nitrogens is 1. The molecule has 17 heavy (non-hydrogen) atoms. The first-order valence-electron chi connectivity index (χ1n) is 6.10. The van der Waals surface area contributed by atoms with Crippen molar-refractivity contribution in [2.24, 2.45) is 5.92 Å². The Morgan fingerprint density at radius 1 is 1.47 bits per heavy atom. The molecule has 1 fully saturated rings. The number of likely N-dealkylation sites (N-methyl/N-ethyl adjacent to an activating group) is 1. The maximum Gasteiger partial charge on any atom is 0.0593 e. The van der Waals surface area contributed by atoms with Crippen LogP contribution in [0, 0.1) is 5.92 Å². The van der Waals surface area contributed by atoms with Gasteiger partial charge in [-0.2, -0.15) is 0 Å². The zero-order valence-electron chi connectivity index (χ0n) is 10.2. The first kappa shape index (κ1) is 13.0. The van der Waals surface area contributed by atoms with Gasteiger partial charge < -0.3 is 4.74 Å². The van der Waals surface area contributed by atoms with Crippen LogP contribution in [0.5, 0.6) is 0 Å². The van der Waals surface area contributed by atoms with Crippen molar-refractivity contribution in [3.05, 3.63) is 28.5 Å². The highest BCUT2D eigenvalue weighted by Gasteiger charge is 2.20. The molecule has 0 bridgehead atoms. The highest BCUT2D eigenvalue weighted by Crippen LogP contribution is 2.28. The smallest absolute Gasteiger partial charge is 0.0593 e. The average molecular weight is 299 g/mol. The van der Waals surface area contributed by atoms with Crippen molar-refractivity contribution in [2.45, 2.75) is 19.4 Å². The van der Waals surface area contributed by atoms with E-state index >= 15 is 0 Å². The third kappa shape index (κ3) is 5.15. The second kappa shape index (κ2) is 6.47. The molecule has 3 nitrogen and oxygen atoms in total. The number of halogens is 1. The Balaban J connectivity index is 1.63. The molecule has 0 aromatic carbocycles. The second-order valence-corrected chi connectivity index (χ2v) is 5.68. The van der Waals surface area contributed by atoms with E-state index < -0.39 is 0 Å². The minimum Gasteiger partial charge on any atom is -0.380 e. The van der Waals surface area contributed by atoms with Crippen molar-refractivity contribution in [3.63, 3.8) is 0 Å². The van der Waals surface area contributed by atoms with Gasteiger partial charge in [-0.05, 0) is 53.4 Å². The normalized spacial score (nSPS) is 15.5. The lowest BCUT2D eigenvalue weighted by molar-refractivity contribution is 0.102. The van der Waals surface area contributed by atoms with Crippen molar-refractivity contribution in [3.8, 4) is 0 Å². The van der Waals surface area contributed by atoms with E-state index in [1.807, 2.05) is 12.4 Å². The van der Waals surface area contributed by atoms with Crippen molar-refractivity contribution < 1.29 is 4.74 Å². The summed E-state index contributed by atoms with van der Waals surface area (Å²) in [6.07, 6.45) is 6.44. The van der Waals surface area contributed by atoms with E-state index in [2.05, 4.69) is 38.9 Å². The van der Waals surface area contributed by atoms with Crippen molar-refractivity contribution >= 4 is 15.9 Å². The highest BCUT2D eigenvalue weighted by molar-refractivity contribution is 9.10. The Morgan fingerprint density at radius 3 is 3.00 bits per heavy atom. The van der Waals surface area contributed by atoms with Crippen molar-refractivity contribution in [1.29, 1.82) is 0 Å². The topological polar surface area (TPSA) is 25.4 Å². The number of hydrogen-bond donors (Lipinski definition) is 0. The van der Waals surface area contributed by atoms with Crippen LogP contribution in [-0.4, -0.2) is 36.7 Å². The lowest BCUT2D eigenvalue weighted by atomic mass is 10.3. The molecule has 2 rings (SSSR count). The lowest BCUT2D eigenvalue weighted by Crippen LogP contribution is -2.23. The molecule has 0 unspecified atom stereocenters. The Labute approximate surface area is 111 Å². The molecule has 0 radical (unpaired) electrons. The molecule has 0 aliphatic heterocycles. The van der Waals surface area contributed by atoms with E-state index in [-0.39, 0.29) is 0 Å². The number of ether oxygens (including phenoxy) is 1. The Kier molecular flexibility index (Phi) is 4.95. The van der Waals surface area contributed by atoms with E-state index in [9.17, 15) is 0 Å². The Bertz CT molecular complexity index is 355. The van der Waals surface area contributed by atoms with Crippen LogP contribution in [0.25, 0.3) is 0 Å². The van der Waals surface area contributed by atoms with Crippen LogP contribution in [0.3, 0.4) is 0 Å². The summed E-state index contributed by atoms with van der Waals surface area (Å²) in [5.74, 6) is 0.856. The van der Waals surface area contributed by atoms with Gasteiger partial charge in [0.15, 0.2) is 0 Å². The standard InChI is InChI=1S/C13H19BrN2O/c1-16(4-5-17-10-11-2-3-11)9-12-6-13(14)8-15-7-12/h6-8,11H,2-5,9-10H2,1H3. The molecule has 1 aliphatic carbocycles. The first-order valence-corrected chi connectivity index (χ1v) is 6.89. The van der Waals surface area contributed by atoms with Crippen LogP contribution >= 0.6 is 15.9 Å². The fraction of sp³-hybridized carbons (Fsp3) is 0.615. The van der Waals surface area contributed by atoms with Gasteiger partial charge in [0.05, 0.1) is 6.61 Å². The molecule has 1 aliphatic rings. The van der Waals surface area contributed by atoms with Crippen LogP contribution in [0.2, 0.25) is 0 Å². The zero-order chi connectivity index (χ0) is 12.1. The summed E-state index contributed by atoms with van der Waals surface area (Å²) in [4.78, 5) is 6.42. The van der Waals surface area contributed by atoms with E-state index in [0.29, 0.717) is 0 Å². The van der Waals surface area contributed by atoms with E-state index in [4.69, 9.17) is 4.74 Å². The number of hydrogen-bond acceptors (Lipinski definition) is 3. The maximum atomic E-state index is 5.62. The number of rotatable bonds is 7. The maximum absolute atomic E-state index is 5.62. The summed E-state index contributed by atoms with van der Waals surface area (Å²) in [6, 6.07) is 2.11. The third-order valence-corrected chi connectivity index (χ3v) is 3.32. The molecule has 0 saturated heterocycles. The van der Waals surface area contributed by atoms with Gasteiger partial charge in [-0.25, -0.2) is 0 Å². The molecule has 1 heterocycles. The molecular formula is C13H19BrN2O. The third-order valence-electron chi connectivity index (χ3n) is 2.88. The van der Waals surface area contributed by atoms with Gasteiger partial charge >= 0.3 is 0 Å². The predicted octanol–water partition coefficient (Wildman–Crippen LogP) is 2.70. The summed E-state index contributed by atoms with van der Waals surface area (Å²) in [5.41, 5.74) is 1.23. The van der Waals surface area contributed by atoms with E-state index in [1.165, 1.54) is 18.4 Å². The highest BCUT2D eigenvalue weighted by atomic mass is 79.9. The van der Waals surface area contributed by atoms with Gasteiger partial charge in [0.25, 0.3) is 0 Å². The monoisotopic (exact) mass is 298 g/mol. The summed E-state index contributed by atoms with van der Waals surface area (Å²) >= 11 is 3.43. The molecule has 94 valence electrons. The predicted molar refractivity (Wildman–Crippen MR) is 71.8 cm³/mol. The molecule has 1 saturated carbocycles. The second-order valence-electron chi connectivity index (χ2n) is 4.77. The summed E-state index contributed by atoms with van der Waals surface area (Å²) < 4.78 is 6.66. The van der Waals surface area contributed by atoms with Gasteiger partial charge in [0, 0.05) is 36.6 Å². The first-order chi connectivity index (χ1) is 8.24. The molecule has 1 aromatic heterocycles. The molecule has 0 N–H and O–H groups in total. The van der Waals surface area contributed by atoms with Crippen LogP contribution in [0.15, 0.2) is 22.9 Å². The summed E-state index contributed by atoms with van der Waals surface area (Å²) in [7, 11) is 2.11. The zero-order valence-corrected chi connectivity index (χ0v) is 11.8. The molecule has 1 aromatic rings. The van der Waals surface area contributed by atoms with E-state index in [0.717, 1.165) is 36.7 Å². The van der Waals surface area contributed by atoms with Gasteiger partial charge in [-0.1, -0.05) is 0 Å². The quantitative estimate of drug-likeness (QED) is 0.724. The molecule has 4 heteroatoms. The van der Waals surface area contributed by atoms with Gasteiger partial charge in [0.2, 0.25) is 0 Å². The van der Waals surface area contributed by atoms with Crippen LogP contribution in [-0.2, 0) is 11.3 Å². The Hall–Kier alpha value is -0.450. The Morgan fingerprint density at radius 2 is 2.29 bits per heavy atom. The molecule has 0 amide bonds. The van der Waals surface area contributed by atoms with E-state index in [1.54, 1.807) is 0 Å². The average Bonchev–Trinajstić information content (AvgIpc) is 3.08. The summed E-state index contributed by atoms with van der Waals surface area (Å²) in [5, 5.41) is 0. The number of nitrogens with zero attached hydrogens (tertiary/aromatic N) is 2. The SMILES string of the molecule is CN(CCOCC1CC1)Cc1cncc(Br)c1. The molecular weight excluding hydrogens is 280 g/mol. The van der Waals surface area contributed by atoms with Gasteiger partial charge in [0.1, 0.15) is 0 Å². The number of pyridine rings is 1. The fourth-order valence-corrected chi connectivity index (χ4v) is 2.10. The minimum atomic E-state index is 0.828. The van der Waals surface area contributed by atoms with Gasteiger partial charge in [-0.3, -0.25) is 9.88 Å². The molecule has 0 spiro atoms. The van der Waals surface area contributed by atoms with Crippen molar-refractivity contribution in [2.75, 3.05) is 26.8 Å². The van der Waals surface area contributed by atoms with Crippen LogP contribution in [0.4, 0.5) is 0 Å². The molecule has 0 atom stereocenters. The van der Waals surface area contributed by atoms with Crippen molar-refractivity contribution in [1.82, 2.24) is 9.88 Å². The summed E-state index contributed by atoms with van der Waals surface area (Å²) in [6.45, 7) is 3.67.